The van der Waals surface area contributed by atoms with Crippen molar-refractivity contribution in [2.75, 3.05) is 40.6 Å². The molecule has 0 bridgehead atoms. The van der Waals surface area contributed by atoms with E-state index in [0.29, 0.717) is 31.6 Å². The van der Waals surface area contributed by atoms with Crippen molar-refractivity contribution in [2.45, 2.75) is 6.54 Å². The second-order valence-electron chi connectivity index (χ2n) is 2.97. The third-order valence-electron chi connectivity index (χ3n) is 1.72. The van der Waals surface area contributed by atoms with E-state index in [9.17, 15) is 0 Å². The molecule has 92 valence electrons. The molecule has 1 heterocycles. The number of hydrogen-bond donors (Lipinski definition) is 1. The summed E-state index contributed by atoms with van der Waals surface area (Å²) in [5, 5.41) is 12.6. The quantitative estimate of drug-likeness (QED) is 0.633. The minimum Gasteiger partial charge on any atom is -0.466 e. The zero-order valence-corrected chi connectivity index (χ0v) is 10.4. The summed E-state index contributed by atoms with van der Waals surface area (Å²) in [5.74, 6) is 0. The summed E-state index contributed by atoms with van der Waals surface area (Å²) < 4.78 is 15.1. The van der Waals surface area contributed by atoms with Crippen molar-refractivity contribution < 1.29 is 14.2 Å². The number of aromatic nitrogens is 2. The van der Waals surface area contributed by atoms with Gasteiger partial charge in [-0.25, -0.2) is 0 Å². The van der Waals surface area contributed by atoms with Crippen LogP contribution in [-0.4, -0.2) is 50.8 Å². The lowest BCUT2D eigenvalue weighted by Crippen LogP contribution is -2.18. The third kappa shape index (κ3) is 5.36. The second kappa shape index (κ2) is 8.40. The summed E-state index contributed by atoms with van der Waals surface area (Å²) in [6, 6.07) is 0. The Hall–Kier alpha value is -0.760. The molecule has 1 aromatic heterocycles. The minimum absolute atomic E-state index is 0.502. The molecular formula is C9H17N3O3S. The topological polar surface area (TPSA) is 65.5 Å². The Kier molecular flexibility index (Phi) is 6.98. The smallest absolute Gasteiger partial charge is 0.294 e. The molecule has 0 amide bonds. The van der Waals surface area contributed by atoms with Crippen molar-refractivity contribution in [3.8, 4) is 5.19 Å². The highest BCUT2D eigenvalue weighted by Crippen LogP contribution is 2.17. The average Bonchev–Trinajstić information content (AvgIpc) is 2.73. The van der Waals surface area contributed by atoms with Crippen LogP contribution in [0, 0.1) is 0 Å². The highest BCUT2D eigenvalue weighted by molar-refractivity contribution is 7.13. The second-order valence-corrected chi connectivity index (χ2v) is 4.00. The van der Waals surface area contributed by atoms with E-state index in [2.05, 4.69) is 15.5 Å². The fourth-order valence-corrected chi connectivity index (χ4v) is 1.63. The molecule has 1 aromatic rings. The van der Waals surface area contributed by atoms with E-state index in [1.54, 1.807) is 14.2 Å². The van der Waals surface area contributed by atoms with E-state index < -0.39 is 0 Å². The molecule has 0 spiro atoms. The summed E-state index contributed by atoms with van der Waals surface area (Å²) in [5.41, 5.74) is 0. The molecule has 0 aliphatic carbocycles. The fraction of sp³-hybridized carbons (Fsp3) is 0.778. The molecule has 0 aliphatic heterocycles. The average molecular weight is 247 g/mol. The van der Waals surface area contributed by atoms with Gasteiger partial charge < -0.3 is 19.5 Å². The predicted molar refractivity (Wildman–Crippen MR) is 60.9 cm³/mol. The van der Waals surface area contributed by atoms with Crippen molar-refractivity contribution in [3.05, 3.63) is 5.01 Å². The maximum atomic E-state index is 5.32. The number of methoxy groups -OCH3 is 2. The molecule has 0 fully saturated rings. The van der Waals surface area contributed by atoms with Gasteiger partial charge in [0, 0.05) is 27.3 Å². The zero-order valence-electron chi connectivity index (χ0n) is 9.56. The molecule has 0 radical (unpaired) electrons. The monoisotopic (exact) mass is 247 g/mol. The van der Waals surface area contributed by atoms with Crippen LogP contribution >= 0.6 is 11.3 Å². The van der Waals surface area contributed by atoms with E-state index in [4.69, 9.17) is 14.2 Å². The zero-order chi connectivity index (χ0) is 11.6. The standard InChI is InChI=1S/C9H17N3O3S/c1-13-4-3-10-7-8-11-12-9(16-8)15-6-5-14-2/h10H,3-7H2,1-2H3. The van der Waals surface area contributed by atoms with Crippen LogP contribution in [0.3, 0.4) is 0 Å². The Morgan fingerprint density at radius 2 is 1.94 bits per heavy atom. The molecule has 0 aromatic carbocycles. The Balaban J connectivity index is 2.17. The summed E-state index contributed by atoms with van der Waals surface area (Å²) in [4.78, 5) is 0. The van der Waals surface area contributed by atoms with Crippen molar-refractivity contribution in [1.82, 2.24) is 15.5 Å². The van der Waals surface area contributed by atoms with Crippen molar-refractivity contribution in [2.24, 2.45) is 0 Å². The molecule has 0 saturated carbocycles. The number of ether oxygens (including phenoxy) is 3. The van der Waals surface area contributed by atoms with E-state index in [1.165, 1.54) is 11.3 Å². The van der Waals surface area contributed by atoms with E-state index in [1.807, 2.05) is 0 Å². The number of rotatable bonds is 9. The summed E-state index contributed by atoms with van der Waals surface area (Å²) in [7, 11) is 3.31. The Bertz CT molecular complexity index is 283. The molecule has 0 unspecified atom stereocenters. The van der Waals surface area contributed by atoms with Crippen molar-refractivity contribution in [1.29, 1.82) is 0 Å². The SMILES string of the molecule is COCCNCc1nnc(OCCOC)s1. The first kappa shape index (κ1) is 13.3. The van der Waals surface area contributed by atoms with Crippen LogP contribution in [-0.2, 0) is 16.0 Å². The fourth-order valence-electron chi connectivity index (χ4n) is 0.950. The van der Waals surface area contributed by atoms with Gasteiger partial charge >= 0.3 is 0 Å². The lowest BCUT2D eigenvalue weighted by Gasteiger charge is -2.00. The van der Waals surface area contributed by atoms with Gasteiger partial charge in [-0.1, -0.05) is 11.3 Å². The minimum atomic E-state index is 0.502. The molecule has 6 nitrogen and oxygen atoms in total. The highest BCUT2D eigenvalue weighted by atomic mass is 32.1. The Morgan fingerprint density at radius 3 is 2.69 bits per heavy atom. The molecule has 0 atom stereocenters. The van der Waals surface area contributed by atoms with Crippen LogP contribution in [0.2, 0.25) is 0 Å². The van der Waals surface area contributed by atoms with Gasteiger partial charge in [0.25, 0.3) is 5.19 Å². The Labute approximate surface area is 98.9 Å². The van der Waals surface area contributed by atoms with Crippen LogP contribution in [0.4, 0.5) is 0 Å². The van der Waals surface area contributed by atoms with Crippen LogP contribution in [0.1, 0.15) is 5.01 Å². The molecule has 1 N–H and O–H groups in total. The molecule has 0 saturated heterocycles. The van der Waals surface area contributed by atoms with Gasteiger partial charge in [0.15, 0.2) is 0 Å². The first-order valence-electron chi connectivity index (χ1n) is 5.00. The van der Waals surface area contributed by atoms with Gasteiger partial charge in [-0.05, 0) is 0 Å². The van der Waals surface area contributed by atoms with Gasteiger partial charge in [0.2, 0.25) is 0 Å². The van der Waals surface area contributed by atoms with E-state index in [0.717, 1.165) is 11.6 Å². The number of hydrogen-bond acceptors (Lipinski definition) is 7. The van der Waals surface area contributed by atoms with Crippen LogP contribution in [0.15, 0.2) is 0 Å². The van der Waals surface area contributed by atoms with Crippen LogP contribution < -0.4 is 10.1 Å². The maximum absolute atomic E-state index is 5.32. The Morgan fingerprint density at radius 1 is 1.12 bits per heavy atom. The van der Waals surface area contributed by atoms with Gasteiger partial charge in [0.05, 0.1) is 13.2 Å². The first-order valence-corrected chi connectivity index (χ1v) is 5.82. The molecular weight excluding hydrogens is 230 g/mol. The normalized spacial score (nSPS) is 10.6. The lowest BCUT2D eigenvalue weighted by atomic mass is 10.6. The predicted octanol–water partition coefficient (Wildman–Crippen LogP) is 0.299. The number of nitrogens with one attached hydrogen (secondary N) is 1. The lowest BCUT2D eigenvalue weighted by molar-refractivity contribution is 0.145. The summed E-state index contributed by atoms with van der Waals surface area (Å²) in [6.07, 6.45) is 0. The van der Waals surface area contributed by atoms with E-state index in [-0.39, 0.29) is 0 Å². The van der Waals surface area contributed by atoms with Crippen molar-refractivity contribution >= 4 is 11.3 Å². The van der Waals surface area contributed by atoms with Gasteiger partial charge in [0.1, 0.15) is 11.6 Å². The maximum Gasteiger partial charge on any atom is 0.294 e. The van der Waals surface area contributed by atoms with Gasteiger partial charge in [-0.3, -0.25) is 0 Å². The summed E-state index contributed by atoms with van der Waals surface area (Å²) >= 11 is 1.44. The van der Waals surface area contributed by atoms with Crippen LogP contribution in [0.25, 0.3) is 0 Å². The van der Waals surface area contributed by atoms with Gasteiger partial charge in [-0.15, -0.1) is 10.2 Å². The van der Waals surface area contributed by atoms with Crippen molar-refractivity contribution in [3.63, 3.8) is 0 Å². The molecule has 0 aliphatic rings. The highest BCUT2D eigenvalue weighted by Gasteiger charge is 2.04. The summed E-state index contributed by atoms with van der Waals surface area (Å²) in [6.45, 7) is 3.24. The largest absolute Gasteiger partial charge is 0.466 e. The molecule has 16 heavy (non-hydrogen) atoms. The van der Waals surface area contributed by atoms with Crippen LogP contribution in [0.5, 0.6) is 5.19 Å². The number of nitrogens with zero attached hydrogens (tertiary/aromatic N) is 2. The molecule has 7 heteroatoms. The first-order chi connectivity index (χ1) is 7.86. The molecule has 1 rings (SSSR count). The van der Waals surface area contributed by atoms with E-state index >= 15 is 0 Å². The van der Waals surface area contributed by atoms with Gasteiger partial charge in [-0.2, -0.15) is 0 Å². The third-order valence-corrected chi connectivity index (χ3v) is 2.56.